The van der Waals surface area contributed by atoms with Gasteiger partial charge in [0, 0.05) is 8.95 Å². The van der Waals surface area contributed by atoms with Gasteiger partial charge in [-0.25, -0.2) is 0 Å². The van der Waals surface area contributed by atoms with E-state index in [4.69, 9.17) is 23.2 Å². The lowest BCUT2D eigenvalue weighted by molar-refractivity contribution is 0.102. The Morgan fingerprint density at radius 2 is 1.85 bits per heavy atom. The fourth-order valence-corrected chi connectivity index (χ4v) is 2.88. The molecule has 0 bridgehead atoms. The van der Waals surface area contributed by atoms with Gasteiger partial charge in [-0.1, -0.05) is 45.2 Å². The van der Waals surface area contributed by atoms with Crippen LogP contribution < -0.4 is 5.32 Å². The normalized spacial score (nSPS) is 10.4. The van der Waals surface area contributed by atoms with Crippen LogP contribution in [0.2, 0.25) is 10.0 Å². The van der Waals surface area contributed by atoms with Crippen molar-refractivity contribution in [1.82, 2.24) is 0 Å². The second-order valence-electron chi connectivity index (χ2n) is 4.13. The topological polar surface area (TPSA) is 29.1 Å². The monoisotopic (exact) mass is 435 g/mol. The highest BCUT2D eigenvalue weighted by Crippen LogP contribution is 2.33. The third-order valence-corrected chi connectivity index (χ3v) is 4.68. The van der Waals surface area contributed by atoms with Crippen molar-refractivity contribution in [2.45, 2.75) is 6.92 Å². The molecule has 2 nitrogen and oxygen atoms in total. The first kappa shape index (κ1) is 15.8. The average Bonchev–Trinajstić information content (AvgIpc) is 2.41. The quantitative estimate of drug-likeness (QED) is 0.606. The highest BCUT2D eigenvalue weighted by molar-refractivity contribution is 9.11. The number of hydrogen-bond donors (Lipinski definition) is 1. The van der Waals surface area contributed by atoms with Crippen LogP contribution in [0, 0.1) is 6.92 Å². The Labute approximate surface area is 143 Å². The maximum absolute atomic E-state index is 12.3. The summed E-state index contributed by atoms with van der Waals surface area (Å²) in [5, 5.41) is 3.59. The zero-order chi connectivity index (χ0) is 14.9. The fraction of sp³-hybridized carbons (Fsp3) is 0.0714. The zero-order valence-electron chi connectivity index (χ0n) is 10.3. The Hall–Kier alpha value is -0.550. The molecule has 0 aliphatic rings. The molecule has 0 aliphatic carbocycles. The van der Waals surface area contributed by atoms with E-state index in [2.05, 4.69) is 37.2 Å². The van der Waals surface area contributed by atoms with Gasteiger partial charge in [0.2, 0.25) is 0 Å². The second-order valence-corrected chi connectivity index (χ2v) is 6.69. The summed E-state index contributed by atoms with van der Waals surface area (Å²) >= 11 is 19.0. The van der Waals surface area contributed by atoms with E-state index >= 15 is 0 Å². The number of nitrogens with one attached hydrogen (secondary N) is 1. The smallest absolute Gasteiger partial charge is 0.256 e. The number of benzene rings is 2. The van der Waals surface area contributed by atoms with Crippen LogP contribution in [0.5, 0.6) is 0 Å². The summed E-state index contributed by atoms with van der Waals surface area (Å²) in [6.45, 7) is 1.85. The molecule has 0 saturated carbocycles. The summed E-state index contributed by atoms with van der Waals surface area (Å²) in [5.74, 6) is -0.285. The predicted molar refractivity (Wildman–Crippen MR) is 91.0 cm³/mol. The minimum absolute atomic E-state index is 0.285. The molecule has 0 unspecified atom stereocenters. The van der Waals surface area contributed by atoms with E-state index in [1.54, 1.807) is 24.3 Å². The molecule has 1 N–H and O–H groups in total. The second kappa shape index (κ2) is 6.48. The standard InChI is InChI=1S/C14H9Br2Cl2NO/c1-7-2-5-11(17)13(12(7)18)19-14(20)9-6-8(15)3-4-10(9)16/h2-6H,1H3,(H,19,20). The molecule has 0 saturated heterocycles. The lowest BCUT2D eigenvalue weighted by Crippen LogP contribution is -2.13. The number of carbonyl (C=O) groups excluding carboxylic acids is 1. The first-order valence-electron chi connectivity index (χ1n) is 5.61. The molecular weight excluding hydrogens is 429 g/mol. The van der Waals surface area contributed by atoms with Crippen LogP contribution in [0.15, 0.2) is 39.3 Å². The summed E-state index contributed by atoms with van der Waals surface area (Å²) in [6.07, 6.45) is 0. The molecular formula is C14H9Br2Cl2NO. The van der Waals surface area contributed by atoms with E-state index in [1.165, 1.54) is 0 Å². The number of aryl methyl sites for hydroxylation is 1. The van der Waals surface area contributed by atoms with Gasteiger partial charge in [0.1, 0.15) is 0 Å². The van der Waals surface area contributed by atoms with E-state index in [0.29, 0.717) is 25.8 Å². The fourth-order valence-electron chi connectivity index (χ4n) is 1.62. The van der Waals surface area contributed by atoms with Crippen LogP contribution >= 0.6 is 55.1 Å². The molecule has 0 fully saturated rings. The molecule has 1 amide bonds. The Morgan fingerprint density at radius 3 is 2.55 bits per heavy atom. The molecule has 2 aromatic rings. The van der Waals surface area contributed by atoms with E-state index in [-0.39, 0.29) is 5.91 Å². The van der Waals surface area contributed by atoms with E-state index < -0.39 is 0 Å². The molecule has 0 atom stereocenters. The maximum atomic E-state index is 12.3. The van der Waals surface area contributed by atoms with Crippen LogP contribution in [0.1, 0.15) is 15.9 Å². The summed E-state index contributed by atoms with van der Waals surface area (Å²) in [7, 11) is 0. The van der Waals surface area contributed by atoms with Crippen molar-refractivity contribution >= 4 is 66.7 Å². The molecule has 0 aliphatic heterocycles. The largest absolute Gasteiger partial charge is 0.319 e. The number of rotatable bonds is 2. The van der Waals surface area contributed by atoms with Crippen molar-refractivity contribution < 1.29 is 4.79 Å². The number of carbonyl (C=O) groups is 1. The van der Waals surface area contributed by atoms with Gasteiger partial charge in [0.15, 0.2) is 0 Å². The summed E-state index contributed by atoms with van der Waals surface area (Å²) in [6, 6.07) is 8.85. The van der Waals surface area contributed by atoms with Crippen LogP contribution in [0.3, 0.4) is 0 Å². The first-order valence-corrected chi connectivity index (χ1v) is 7.95. The van der Waals surface area contributed by atoms with Gasteiger partial charge in [-0.15, -0.1) is 0 Å². The Balaban J connectivity index is 2.38. The van der Waals surface area contributed by atoms with Crippen LogP contribution in [-0.4, -0.2) is 5.91 Å². The third-order valence-electron chi connectivity index (χ3n) is 2.70. The minimum Gasteiger partial charge on any atom is -0.319 e. The number of anilines is 1. The Morgan fingerprint density at radius 1 is 1.15 bits per heavy atom. The summed E-state index contributed by atoms with van der Waals surface area (Å²) in [5.41, 5.74) is 1.76. The van der Waals surface area contributed by atoms with Gasteiger partial charge in [0.25, 0.3) is 5.91 Å². The SMILES string of the molecule is Cc1ccc(Cl)c(NC(=O)c2cc(Br)ccc2Br)c1Cl. The third kappa shape index (κ3) is 3.37. The first-order chi connectivity index (χ1) is 9.40. The van der Waals surface area contributed by atoms with Crippen LogP contribution in [0.25, 0.3) is 0 Å². The average molecular weight is 438 g/mol. The van der Waals surface area contributed by atoms with Crippen molar-refractivity contribution in [2.75, 3.05) is 5.32 Å². The lowest BCUT2D eigenvalue weighted by Gasteiger charge is -2.12. The Bertz CT molecular complexity index is 689. The predicted octanol–water partition coefficient (Wildman–Crippen LogP) is 6.08. The molecule has 20 heavy (non-hydrogen) atoms. The van der Waals surface area contributed by atoms with Gasteiger partial charge >= 0.3 is 0 Å². The zero-order valence-corrected chi connectivity index (χ0v) is 15.0. The minimum atomic E-state index is -0.285. The van der Waals surface area contributed by atoms with Crippen molar-refractivity contribution in [3.63, 3.8) is 0 Å². The van der Waals surface area contributed by atoms with Gasteiger partial charge in [-0.2, -0.15) is 0 Å². The van der Waals surface area contributed by atoms with Gasteiger partial charge in [-0.05, 0) is 52.7 Å². The molecule has 2 aromatic carbocycles. The molecule has 0 heterocycles. The van der Waals surface area contributed by atoms with Crippen molar-refractivity contribution in [2.24, 2.45) is 0 Å². The molecule has 0 aromatic heterocycles. The van der Waals surface area contributed by atoms with Crippen LogP contribution in [-0.2, 0) is 0 Å². The maximum Gasteiger partial charge on any atom is 0.256 e. The van der Waals surface area contributed by atoms with Crippen molar-refractivity contribution in [1.29, 1.82) is 0 Å². The molecule has 6 heteroatoms. The molecule has 0 spiro atoms. The van der Waals surface area contributed by atoms with E-state index in [1.807, 2.05) is 13.0 Å². The summed E-state index contributed by atoms with van der Waals surface area (Å²) in [4.78, 5) is 12.3. The highest BCUT2D eigenvalue weighted by atomic mass is 79.9. The van der Waals surface area contributed by atoms with Crippen molar-refractivity contribution in [3.8, 4) is 0 Å². The van der Waals surface area contributed by atoms with E-state index in [0.717, 1.165) is 10.0 Å². The number of halogens is 4. The molecule has 104 valence electrons. The highest BCUT2D eigenvalue weighted by Gasteiger charge is 2.15. The molecule has 2 rings (SSSR count). The summed E-state index contributed by atoms with van der Waals surface area (Å²) < 4.78 is 1.50. The van der Waals surface area contributed by atoms with Crippen molar-refractivity contribution in [3.05, 3.63) is 60.4 Å². The lowest BCUT2D eigenvalue weighted by atomic mass is 10.2. The number of amides is 1. The Kier molecular flexibility index (Phi) is 5.13. The van der Waals surface area contributed by atoms with E-state index in [9.17, 15) is 4.79 Å². The van der Waals surface area contributed by atoms with Gasteiger partial charge < -0.3 is 5.32 Å². The van der Waals surface area contributed by atoms with Crippen LogP contribution in [0.4, 0.5) is 5.69 Å². The van der Waals surface area contributed by atoms with Gasteiger partial charge in [0.05, 0.1) is 21.3 Å². The molecule has 0 radical (unpaired) electrons. The van der Waals surface area contributed by atoms with Gasteiger partial charge in [-0.3, -0.25) is 4.79 Å². The number of hydrogen-bond acceptors (Lipinski definition) is 1.